The molecule has 3 aromatic carbocycles. The van der Waals surface area contributed by atoms with E-state index in [2.05, 4.69) is 32.1 Å². The fraction of sp³-hybridized carbons (Fsp3) is 0.250. The van der Waals surface area contributed by atoms with Crippen LogP contribution in [0.3, 0.4) is 0 Å². The molecule has 1 N–H and O–H groups in total. The molecule has 0 spiro atoms. The maximum absolute atomic E-state index is 11.9. The van der Waals surface area contributed by atoms with Crippen LogP contribution in [0.5, 0.6) is 5.75 Å². The minimum Gasteiger partial charge on any atom is -1.00 e. The van der Waals surface area contributed by atoms with Gasteiger partial charge in [0.25, 0.3) is 0 Å². The van der Waals surface area contributed by atoms with Gasteiger partial charge in [-0.3, -0.25) is 0 Å². The van der Waals surface area contributed by atoms with Crippen molar-refractivity contribution in [2.75, 3.05) is 27.2 Å². The van der Waals surface area contributed by atoms with Crippen LogP contribution in [-0.2, 0) is 12.1 Å². The highest BCUT2D eigenvalue weighted by Crippen LogP contribution is 2.50. The van der Waals surface area contributed by atoms with Crippen molar-refractivity contribution in [3.8, 4) is 16.9 Å². The van der Waals surface area contributed by atoms with Gasteiger partial charge in [0, 0.05) is 11.1 Å². The lowest BCUT2D eigenvalue weighted by Gasteiger charge is -2.28. The van der Waals surface area contributed by atoms with Crippen LogP contribution in [0.25, 0.3) is 11.1 Å². The van der Waals surface area contributed by atoms with Crippen LogP contribution in [0.1, 0.15) is 28.3 Å². The summed E-state index contributed by atoms with van der Waals surface area (Å²) >= 11 is 0. The number of nitrogens with zero attached hydrogens (tertiary/aromatic N) is 2. The van der Waals surface area contributed by atoms with Crippen molar-refractivity contribution in [3.63, 3.8) is 0 Å². The lowest BCUT2D eigenvalue weighted by molar-refractivity contribution is -0.904. The Bertz CT molecular complexity index is 1250. The van der Waals surface area contributed by atoms with E-state index in [9.17, 15) is 5.11 Å². The highest BCUT2D eigenvalue weighted by molar-refractivity contribution is 5.81. The van der Waals surface area contributed by atoms with Gasteiger partial charge >= 0.3 is 0 Å². The Labute approximate surface area is 211 Å². The Kier molecular flexibility index (Phi) is 6.67. The van der Waals surface area contributed by atoms with E-state index in [1.54, 1.807) is 6.20 Å². The van der Waals surface area contributed by atoms with Gasteiger partial charge in [0.05, 0.1) is 20.3 Å². The monoisotopic (exact) mass is 520 g/mol. The Balaban J connectivity index is 0.00000274. The van der Waals surface area contributed by atoms with Gasteiger partial charge in [0.1, 0.15) is 25.4 Å². The van der Waals surface area contributed by atoms with Crippen LogP contribution in [-0.4, -0.2) is 41.8 Å². The SMILES string of the molecule is Cc1cccc(OCC[N+](C)(C)Cc2cnc(C3(O)c4ccccc4-c4ccccc43)o2)c1.[Br-]. The molecule has 5 rings (SSSR count). The first kappa shape index (κ1) is 24.2. The molecule has 0 saturated carbocycles. The van der Waals surface area contributed by atoms with Crippen LogP contribution >= 0.6 is 0 Å². The van der Waals surface area contributed by atoms with Gasteiger partial charge < -0.3 is 35.7 Å². The molecule has 0 bridgehead atoms. The third-order valence-corrected chi connectivity index (χ3v) is 6.33. The van der Waals surface area contributed by atoms with Crippen molar-refractivity contribution in [2.45, 2.75) is 19.1 Å². The predicted molar refractivity (Wildman–Crippen MR) is 128 cm³/mol. The second-order valence-electron chi connectivity index (χ2n) is 9.42. The quantitative estimate of drug-likeness (QED) is 0.378. The maximum atomic E-state index is 11.9. The molecule has 5 nitrogen and oxygen atoms in total. The van der Waals surface area contributed by atoms with Crippen molar-refractivity contribution < 1.29 is 35.7 Å². The average molecular weight is 521 g/mol. The van der Waals surface area contributed by atoms with Crippen LogP contribution in [0.2, 0.25) is 0 Å². The highest BCUT2D eigenvalue weighted by Gasteiger charge is 2.46. The minimum absolute atomic E-state index is 0. The first-order valence-corrected chi connectivity index (χ1v) is 11.3. The maximum Gasteiger partial charge on any atom is 0.236 e. The summed E-state index contributed by atoms with van der Waals surface area (Å²) in [6, 6.07) is 23.9. The van der Waals surface area contributed by atoms with Crippen LogP contribution in [0.15, 0.2) is 83.4 Å². The van der Waals surface area contributed by atoms with E-state index < -0.39 is 5.60 Å². The number of halogens is 1. The molecule has 0 atom stereocenters. The fourth-order valence-corrected chi connectivity index (χ4v) is 4.61. The summed E-state index contributed by atoms with van der Waals surface area (Å²) in [7, 11) is 4.27. The molecule has 1 aliphatic rings. The second kappa shape index (κ2) is 9.37. The normalized spacial score (nSPS) is 13.6. The number of hydrogen-bond acceptors (Lipinski definition) is 4. The zero-order valence-electron chi connectivity index (χ0n) is 19.7. The number of quaternary nitrogens is 1. The molecular formula is C28H29BrN2O3. The topological polar surface area (TPSA) is 55.5 Å². The lowest BCUT2D eigenvalue weighted by atomic mass is 9.91. The van der Waals surface area contributed by atoms with Crippen LogP contribution in [0, 0.1) is 6.92 Å². The summed E-state index contributed by atoms with van der Waals surface area (Å²) in [5.41, 5.74) is 3.43. The lowest BCUT2D eigenvalue weighted by Crippen LogP contribution is -3.00. The zero-order valence-corrected chi connectivity index (χ0v) is 21.2. The number of benzene rings is 3. The molecular weight excluding hydrogens is 492 g/mol. The van der Waals surface area contributed by atoms with E-state index in [0.717, 1.165) is 40.3 Å². The molecule has 6 heteroatoms. The molecule has 0 unspecified atom stereocenters. The van der Waals surface area contributed by atoms with E-state index in [4.69, 9.17) is 9.15 Å². The molecule has 0 radical (unpaired) electrons. The third-order valence-electron chi connectivity index (χ3n) is 6.33. The van der Waals surface area contributed by atoms with Gasteiger partial charge in [-0.15, -0.1) is 0 Å². The first-order valence-electron chi connectivity index (χ1n) is 11.3. The average Bonchev–Trinajstić information content (AvgIpc) is 3.36. The van der Waals surface area contributed by atoms with Crippen molar-refractivity contribution in [3.05, 3.63) is 107 Å². The summed E-state index contributed by atoms with van der Waals surface area (Å²) in [6.07, 6.45) is 1.73. The number of aryl methyl sites for hydroxylation is 1. The summed E-state index contributed by atoms with van der Waals surface area (Å²) < 4.78 is 12.8. The van der Waals surface area contributed by atoms with Crippen LogP contribution < -0.4 is 21.7 Å². The number of aliphatic hydroxyl groups is 1. The number of oxazole rings is 1. The minimum atomic E-state index is -1.39. The Morgan fingerprint density at radius 3 is 2.24 bits per heavy atom. The number of hydrogen-bond donors (Lipinski definition) is 1. The highest BCUT2D eigenvalue weighted by atomic mass is 79.9. The molecule has 4 aromatic rings. The van der Waals surface area contributed by atoms with Gasteiger partial charge in [0.2, 0.25) is 5.89 Å². The zero-order chi connectivity index (χ0) is 23.1. The van der Waals surface area contributed by atoms with E-state index in [1.807, 2.05) is 66.7 Å². The predicted octanol–water partition coefficient (Wildman–Crippen LogP) is 1.91. The van der Waals surface area contributed by atoms with Crippen molar-refractivity contribution >= 4 is 0 Å². The number of aromatic nitrogens is 1. The summed E-state index contributed by atoms with van der Waals surface area (Å²) in [5, 5.41) is 11.9. The molecule has 1 aromatic heterocycles. The summed E-state index contributed by atoms with van der Waals surface area (Å²) in [6.45, 7) is 4.11. The van der Waals surface area contributed by atoms with E-state index in [-0.39, 0.29) is 17.0 Å². The smallest absolute Gasteiger partial charge is 0.236 e. The number of rotatable bonds is 7. The molecule has 1 heterocycles. The van der Waals surface area contributed by atoms with E-state index >= 15 is 0 Å². The number of ether oxygens (including phenoxy) is 1. The first-order chi connectivity index (χ1) is 15.9. The van der Waals surface area contributed by atoms with Crippen molar-refractivity contribution in [1.29, 1.82) is 0 Å². The Morgan fingerprint density at radius 1 is 0.941 bits per heavy atom. The molecule has 0 fully saturated rings. The second-order valence-corrected chi connectivity index (χ2v) is 9.42. The van der Waals surface area contributed by atoms with Gasteiger partial charge in [-0.25, -0.2) is 4.98 Å². The molecule has 176 valence electrons. The van der Waals surface area contributed by atoms with Gasteiger partial charge in [-0.05, 0) is 35.7 Å². The van der Waals surface area contributed by atoms with Gasteiger partial charge in [0.15, 0.2) is 11.4 Å². The van der Waals surface area contributed by atoms with E-state index in [1.165, 1.54) is 5.56 Å². The molecule has 34 heavy (non-hydrogen) atoms. The number of fused-ring (bicyclic) bond motifs is 3. The molecule has 0 saturated heterocycles. The number of likely N-dealkylation sites (N-methyl/N-ethyl adjacent to an activating group) is 1. The van der Waals surface area contributed by atoms with Crippen molar-refractivity contribution in [1.82, 2.24) is 4.98 Å². The fourth-order valence-electron chi connectivity index (χ4n) is 4.61. The Morgan fingerprint density at radius 2 is 1.59 bits per heavy atom. The van der Waals surface area contributed by atoms with Gasteiger partial charge in [-0.2, -0.15) is 0 Å². The van der Waals surface area contributed by atoms with Gasteiger partial charge in [-0.1, -0.05) is 60.7 Å². The summed E-state index contributed by atoms with van der Waals surface area (Å²) in [4.78, 5) is 4.53. The largest absolute Gasteiger partial charge is 1.00 e. The van der Waals surface area contributed by atoms with Crippen LogP contribution in [0.4, 0.5) is 0 Å². The summed E-state index contributed by atoms with van der Waals surface area (Å²) in [5.74, 6) is 1.93. The Hall–Kier alpha value is -2.93. The molecule has 0 aliphatic heterocycles. The standard InChI is InChI=1S/C28H29N2O3.BrH/c1-20-9-8-10-21(17-20)32-16-15-30(2,3)19-22-18-29-27(33-22)28(31)25-13-6-4-11-23(25)24-12-5-7-14-26(24)28;/h4-14,17-18,31H,15-16,19H2,1-3H3;1H/q+1;/p-1. The third kappa shape index (κ3) is 4.41. The molecule has 1 aliphatic carbocycles. The van der Waals surface area contributed by atoms with E-state index in [0.29, 0.717) is 23.5 Å². The molecule has 0 amide bonds. The van der Waals surface area contributed by atoms with Crippen molar-refractivity contribution in [2.24, 2.45) is 0 Å².